The molecule has 20 heavy (non-hydrogen) atoms. The summed E-state index contributed by atoms with van der Waals surface area (Å²) in [5.74, 6) is -1.65. The zero-order valence-electron chi connectivity index (χ0n) is 11.6. The lowest BCUT2D eigenvalue weighted by Crippen LogP contribution is -2.15. The van der Waals surface area contributed by atoms with Crippen molar-refractivity contribution in [2.75, 3.05) is 0 Å². The molecule has 0 amide bonds. The number of benzene rings is 1. The van der Waals surface area contributed by atoms with Gasteiger partial charge in [-0.25, -0.2) is 4.79 Å². The second-order valence-corrected chi connectivity index (χ2v) is 5.37. The molecule has 0 aliphatic carbocycles. The van der Waals surface area contributed by atoms with Crippen LogP contribution in [0.25, 0.3) is 0 Å². The van der Waals surface area contributed by atoms with Crippen molar-refractivity contribution in [1.29, 1.82) is 0 Å². The van der Waals surface area contributed by atoms with E-state index < -0.39 is 16.8 Å². The highest BCUT2D eigenvalue weighted by molar-refractivity contribution is 6.40. The van der Waals surface area contributed by atoms with Gasteiger partial charge in [0.2, 0.25) is 5.76 Å². The average Bonchev–Trinajstić information content (AvgIpc) is 2.44. The Labute approximate surface area is 123 Å². The van der Waals surface area contributed by atoms with E-state index >= 15 is 0 Å². The van der Waals surface area contributed by atoms with Crippen molar-refractivity contribution in [3.63, 3.8) is 0 Å². The summed E-state index contributed by atoms with van der Waals surface area (Å²) in [5, 5.41) is 8.46. The lowest BCUT2D eigenvalue weighted by Gasteiger charge is -2.23. The van der Waals surface area contributed by atoms with Crippen LogP contribution in [-0.2, 0) is 15.0 Å². The Bertz CT molecular complexity index is 529. The molecule has 1 aromatic rings. The number of carbonyl (C=O) groups excluding carboxylic acids is 1. The standard InChI is InChI=1S/C15H17ClO4/c1-4-15(2,3)10-5-7-11(8-6-10)20-13(14(18)19)12(16)9-17/h5-9H,4H2,1-3H3,(H,18,19). The molecule has 0 aliphatic rings. The van der Waals surface area contributed by atoms with Crippen LogP contribution in [0.15, 0.2) is 35.1 Å². The minimum atomic E-state index is -1.39. The van der Waals surface area contributed by atoms with Gasteiger partial charge >= 0.3 is 5.97 Å². The van der Waals surface area contributed by atoms with E-state index in [0.717, 1.165) is 12.0 Å². The molecule has 1 rings (SSSR count). The van der Waals surface area contributed by atoms with Gasteiger partial charge in [0, 0.05) is 0 Å². The van der Waals surface area contributed by atoms with Crippen LogP contribution < -0.4 is 4.74 Å². The Kier molecular flexibility index (Phi) is 5.34. The van der Waals surface area contributed by atoms with Crippen molar-refractivity contribution in [2.24, 2.45) is 0 Å². The monoisotopic (exact) mass is 296 g/mol. The Morgan fingerprint density at radius 1 is 1.35 bits per heavy atom. The molecule has 0 unspecified atom stereocenters. The summed E-state index contributed by atoms with van der Waals surface area (Å²) in [6, 6.07) is 7.05. The molecule has 0 atom stereocenters. The summed E-state index contributed by atoms with van der Waals surface area (Å²) >= 11 is 5.51. The molecule has 0 bridgehead atoms. The number of hydrogen-bond donors (Lipinski definition) is 1. The Morgan fingerprint density at radius 3 is 2.30 bits per heavy atom. The molecule has 5 heteroatoms. The van der Waals surface area contributed by atoms with E-state index in [2.05, 4.69) is 20.8 Å². The summed E-state index contributed by atoms with van der Waals surface area (Å²) in [4.78, 5) is 21.5. The van der Waals surface area contributed by atoms with Gasteiger partial charge in [-0.2, -0.15) is 0 Å². The summed E-state index contributed by atoms with van der Waals surface area (Å²) < 4.78 is 5.15. The molecule has 0 radical (unpaired) electrons. The van der Waals surface area contributed by atoms with Crippen LogP contribution in [0.4, 0.5) is 0 Å². The number of ether oxygens (including phenoxy) is 1. The summed E-state index contributed by atoms with van der Waals surface area (Å²) in [5.41, 5.74) is 1.15. The van der Waals surface area contributed by atoms with Crippen molar-refractivity contribution in [3.8, 4) is 5.75 Å². The number of carboxylic acid groups (broad SMARTS) is 1. The minimum Gasteiger partial charge on any atom is -0.475 e. The first-order valence-corrected chi connectivity index (χ1v) is 6.56. The Morgan fingerprint density at radius 2 is 1.90 bits per heavy atom. The maximum Gasteiger partial charge on any atom is 0.373 e. The normalized spacial score (nSPS) is 12.6. The first-order valence-electron chi connectivity index (χ1n) is 6.18. The van der Waals surface area contributed by atoms with Crippen molar-refractivity contribution >= 4 is 23.9 Å². The number of aliphatic carboxylic acids is 1. The van der Waals surface area contributed by atoms with E-state index in [1.165, 1.54) is 0 Å². The summed E-state index contributed by atoms with van der Waals surface area (Å²) in [7, 11) is 0. The van der Waals surface area contributed by atoms with E-state index in [4.69, 9.17) is 21.4 Å². The van der Waals surface area contributed by atoms with Gasteiger partial charge in [-0.05, 0) is 29.5 Å². The van der Waals surface area contributed by atoms with Gasteiger partial charge < -0.3 is 9.84 Å². The van der Waals surface area contributed by atoms with Gasteiger partial charge in [0.15, 0.2) is 6.29 Å². The molecule has 0 saturated heterocycles. The zero-order valence-corrected chi connectivity index (χ0v) is 12.4. The van der Waals surface area contributed by atoms with Crippen LogP contribution in [0.1, 0.15) is 32.8 Å². The largest absolute Gasteiger partial charge is 0.475 e. The molecule has 0 spiro atoms. The number of aldehydes is 1. The predicted octanol–water partition coefficient (Wildman–Crippen LogP) is 3.49. The van der Waals surface area contributed by atoms with Crippen molar-refractivity contribution in [3.05, 3.63) is 40.6 Å². The van der Waals surface area contributed by atoms with Gasteiger partial charge in [-0.3, -0.25) is 4.79 Å². The van der Waals surface area contributed by atoms with Gasteiger partial charge in [0.1, 0.15) is 10.8 Å². The van der Waals surface area contributed by atoms with Crippen molar-refractivity contribution < 1.29 is 19.4 Å². The van der Waals surface area contributed by atoms with E-state index in [-0.39, 0.29) is 11.7 Å². The Balaban J connectivity index is 3.01. The van der Waals surface area contributed by atoms with Crippen LogP contribution in [0.5, 0.6) is 5.75 Å². The summed E-state index contributed by atoms with van der Waals surface area (Å²) in [6.45, 7) is 6.34. The fourth-order valence-electron chi connectivity index (χ4n) is 1.54. The molecule has 0 aliphatic heterocycles. The van der Waals surface area contributed by atoms with Crippen LogP contribution in [-0.4, -0.2) is 17.4 Å². The van der Waals surface area contributed by atoms with E-state index in [9.17, 15) is 9.59 Å². The quantitative estimate of drug-likeness (QED) is 0.496. The fraction of sp³-hybridized carbons (Fsp3) is 0.333. The van der Waals surface area contributed by atoms with Crippen LogP contribution >= 0.6 is 11.6 Å². The number of halogens is 1. The van der Waals surface area contributed by atoms with Gasteiger partial charge in [-0.15, -0.1) is 0 Å². The highest BCUT2D eigenvalue weighted by atomic mass is 35.5. The lowest BCUT2D eigenvalue weighted by atomic mass is 9.82. The summed E-state index contributed by atoms with van der Waals surface area (Å²) in [6.07, 6.45) is 1.21. The van der Waals surface area contributed by atoms with Gasteiger partial charge in [0.05, 0.1) is 0 Å². The average molecular weight is 297 g/mol. The zero-order chi connectivity index (χ0) is 15.3. The van der Waals surface area contributed by atoms with Crippen LogP contribution in [0, 0.1) is 0 Å². The smallest absolute Gasteiger partial charge is 0.373 e. The second kappa shape index (κ2) is 6.57. The minimum absolute atomic E-state index is 0.0322. The lowest BCUT2D eigenvalue weighted by molar-refractivity contribution is -0.135. The molecule has 1 aromatic carbocycles. The SMILES string of the molecule is CCC(C)(C)c1ccc(OC(C(=O)O)=C(Cl)C=O)cc1. The molecule has 4 nitrogen and oxygen atoms in total. The third kappa shape index (κ3) is 3.84. The third-order valence-electron chi connectivity index (χ3n) is 3.25. The van der Waals surface area contributed by atoms with Crippen LogP contribution in [0.3, 0.4) is 0 Å². The number of rotatable bonds is 6. The molecule has 108 valence electrons. The van der Waals surface area contributed by atoms with Crippen molar-refractivity contribution in [2.45, 2.75) is 32.6 Å². The molecule has 0 saturated carbocycles. The third-order valence-corrected chi connectivity index (χ3v) is 3.51. The molecule has 0 heterocycles. The van der Waals surface area contributed by atoms with Gasteiger partial charge in [-0.1, -0.05) is 44.5 Å². The fourth-order valence-corrected chi connectivity index (χ4v) is 1.66. The predicted molar refractivity (Wildman–Crippen MR) is 77.0 cm³/mol. The topological polar surface area (TPSA) is 63.6 Å². The van der Waals surface area contributed by atoms with E-state index in [1.54, 1.807) is 12.1 Å². The number of hydrogen-bond acceptors (Lipinski definition) is 3. The Hall–Kier alpha value is -1.81. The maximum atomic E-state index is 11.0. The van der Waals surface area contributed by atoms with Crippen LogP contribution in [0.2, 0.25) is 0 Å². The number of carbonyl (C=O) groups is 2. The highest BCUT2D eigenvalue weighted by Gasteiger charge is 2.19. The first-order chi connectivity index (χ1) is 9.31. The van der Waals surface area contributed by atoms with E-state index in [0.29, 0.717) is 5.75 Å². The molecule has 0 fully saturated rings. The molecular weight excluding hydrogens is 280 g/mol. The second-order valence-electron chi connectivity index (χ2n) is 4.96. The molecular formula is C15H17ClO4. The molecule has 0 aromatic heterocycles. The first kappa shape index (κ1) is 16.2. The van der Waals surface area contributed by atoms with Gasteiger partial charge in [0.25, 0.3) is 0 Å². The van der Waals surface area contributed by atoms with E-state index in [1.807, 2.05) is 12.1 Å². The number of carboxylic acids is 1. The molecule has 1 N–H and O–H groups in total. The van der Waals surface area contributed by atoms with Crippen molar-refractivity contribution in [1.82, 2.24) is 0 Å². The number of allylic oxidation sites excluding steroid dienone is 1. The highest BCUT2D eigenvalue weighted by Crippen LogP contribution is 2.28. The maximum absolute atomic E-state index is 11.0.